The summed E-state index contributed by atoms with van der Waals surface area (Å²) in [5.74, 6) is -3.01. The normalized spacial score (nSPS) is 19.7. The minimum absolute atomic E-state index is 0.0343. The molecule has 4 rings (SSSR count). The SMILES string of the molecule is C[C@@H]1CN(Cc2c(O)ccc3c(=O)c(Oc4ccccc4Cl)c(C(F)(F)F)oc23)C[C@H](C)O1. The Hall–Kier alpha value is -2.75. The third-order valence-corrected chi connectivity index (χ3v) is 5.59. The van der Waals surface area contributed by atoms with Gasteiger partial charge in [0.15, 0.2) is 0 Å². The van der Waals surface area contributed by atoms with Crippen molar-refractivity contribution in [2.75, 3.05) is 13.1 Å². The summed E-state index contributed by atoms with van der Waals surface area (Å²) in [6.45, 7) is 4.85. The lowest BCUT2D eigenvalue weighted by Gasteiger charge is -2.35. The number of phenols is 1. The van der Waals surface area contributed by atoms with Gasteiger partial charge in [0, 0.05) is 19.6 Å². The molecule has 0 aliphatic carbocycles. The van der Waals surface area contributed by atoms with E-state index in [1.54, 1.807) is 6.07 Å². The summed E-state index contributed by atoms with van der Waals surface area (Å²) in [6.07, 6.45) is -5.23. The summed E-state index contributed by atoms with van der Waals surface area (Å²) >= 11 is 6.00. The predicted molar refractivity (Wildman–Crippen MR) is 116 cm³/mol. The molecule has 0 amide bonds. The molecule has 1 fully saturated rings. The second kappa shape index (κ2) is 8.89. The van der Waals surface area contributed by atoms with Crippen molar-refractivity contribution in [3.63, 3.8) is 0 Å². The molecule has 2 aromatic carbocycles. The Labute approximate surface area is 192 Å². The fourth-order valence-corrected chi connectivity index (χ4v) is 4.17. The van der Waals surface area contributed by atoms with E-state index >= 15 is 0 Å². The van der Waals surface area contributed by atoms with Crippen LogP contribution in [-0.2, 0) is 17.5 Å². The summed E-state index contributed by atoms with van der Waals surface area (Å²) in [5.41, 5.74) is -1.28. The number of hydrogen-bond donors (Lipinski definition) is 1. The lowest BCUT2D eigenvalue weighted by molar-refractivity contribution is -0.154. The van der Waals surface area contributed by atoms with Gasteiger partial charge in [-0.25, -0.2) is 0 Å². The Morgan fingerprint density at radius 3 is 2.45 bits per heavy atom. The van der Waals surface area contributed by atoms with Crippen LogP contribution in [0.25, 0.3) is 11.0 Å². The second-order valence-electron chi connectivity index (χ2n) is 8.01. The zero-order chi connectivity index (χ0) is 23.9. The molecule has 1 saturated heterocycles. The number of hydrogen-bond acceptors (Lipinski definition) is 6. The molecule has 0 saturated carbocycles. The number of ether oxygens (including phenoxy) is 2. The molecular formula is C23H21ClF3NO5. The van der Waals surface area contributed by atoms with E-state index in [-0.39, 0.29) is 51.8 Å². The van der Waals surface area contributed by atoms with Gasteiger partial charge in [-0.3, -0.25) is 9.69 Å². The fourth-order valence-electron chi connectivity index (χ4n) is 3.99. The van der Waals surface area contributed by atoms with Gasteiger partial charge < -0.3 is 19.0 Å². The molecule has 6 nitrogen and oxygen atoms in total. The van der Waals surface area contributed by atoms with E-state index in [1.165, 1.54) is 30.3 Å². The van der Waals surface area contributed by atoms with Gasteiger partial charge in [-0.2, -0.15) is 13.2 Å². The number of aromatic hydroxyl groups is 1. The maximum atomic E-state index is 13.9. The highest BCUT2D eigenvalue weighted by atomic mass is 35.5. The lowest BCUT2D eigenvalue weighted by Crippen LogP contribution is -2.44. The number of rotatable bonds is 4. The van der Waals surface area contributed by atoms with Gasteiger partial charge in [-0.1, -0.05) is 23.7 Å². The van der Waals surface area contributed by atoms with Crippen LogP contribution in [0, 0.1) is 0 Å². The molecule has 0 unspecified atom stereocenters. The standard InChI is InChI=1S/C23H21ClF3NO5/c1-12-9-28(10-13(2)31-12)11-15-17(29)8-7-14-19(30)21(22(23(25,26)27)33-20(14)15)32-18-6-4-3-5-16(18)24/h3-8,12-13,29H,9-11H2,1-2H3/t12-,13+. The number of morpholine rings is 1. The van der Waals surface area contributed by atoms with Gasteiger partial charge in [0.05, 0.1) is 28.2 Å². The molecule has 1 aliphatic rings. The molecule has 0 spiro atoms. The highest BCUT2D eigenvalue weighted by Gasteiger charge is 2.41. The lowest BCUT2D eigenvalue weighted by atomic mass is 10.1. The summed E-state index contributed by atoms with van der Waals surface area (Å²) < 4.78 is 58.0. The van der Waals surface area contributed by atoms with Gasteiger partial charge >= 0.3 is 6.18 Å². The maximum Gasteiger partial charge on any atom is 0.453 e. The first-order valence-corrected chi connectivity index (χ1v) is 10.6. The number of benzene rings is 2. The monoisotopic (exact) mass is 483 g/mol. The first-order valence-electron chi connectivity index (χ1n) is 10.2. The van der Waals surface area contributed by atoms with E-state index in [4.69, 9.17) is 25.5 Å². The van der Waals surface area contributed by atoms with Crippen LogP contribution in [0.15, 0.2) is 45.6 Å². The molecule has 1 aliphatic heterocycles. The summed E-state index contributed by atoms with van der Waals surface area (Å²) in [7, 11) is 0. The van der Waals surface area contributed by atoms with E-state index in [9.17, 15) is 23.1 Å². The van der Waals surface area contributed by atoms with Crippen LogP contribution in [0.5, 0.6) is 17.2 Å². The molecule has 3 aromatic rings. The topological polar surface area (TPSA) is 72.1 Å². The van der Waals surface area contributed by atoms with Crippen molar-refractivity contribution in [3.05, 3.63) is 63.0 Å². The Morgan fingerprint density at radius 1 is 1.15 bits per heavy atom. The van der Waals surface area contributed by atoms with E-state index in [0.717, 1.165) is 0 Å². The van der Waals surface area contributed by atoms with Gasteiger partial charge in [-0.05, 0) is 38.1 Å². The smallest absolute Gasteiger partial charge is 0.453 e. The molecule has 1 aromatic heterocycles. The van der Waals surface area contributed by atoms with Crippen LogP contribution >= 0.6 is 11.6 Å². The first-order chi connectivity index (χ1) is 15.5. The van der Waals surface area contributed by atoms with Crippen molar-refractivity contribution in [2.24, 2.45) is 0 Å². The summed E-state index contributed by atoms with van der Waals surface area (Å²) in [6, 6.07) is 8.32. The minimum atomic E-state index is -5.03. The third-order valence-electron chi connectivity index (χ3n) is 5.28. The van der Waals surface area contributed by atoms with Crippen LogP contribution in [0.2, 0.25) is 5.02 Å². The third kappa shape index (κ3) is 4.80. The van der Waals surface area contributed by atoms with Crippen molar-refractivity contribution >= 4 is 22.6 Å². The van der Waals surface area contributed by atoms with Crippen molar-refractivity contribution in [2.45, 2.75) is 38.8 Å². The first kappa shape index (κ1) is 23.4. The van der Waals surface area contributed by atoms with E-state index in [1.807, 2.05) is 18.7 Å². The molecule has 1 N–H and O–H groups in total. The second-order valence-corrected chi connectivity index (χ2v) is 8.42. The quantitative estimate of drug-likeness (QED) is 0.523. The Balaban J connectivity index is 1.87. The Bertz CT molecular complexity index is 1230. The number of phenolic OH excluding ortho intramolecular Hbond substituents is 1. The predicted octanol–water partition coefficient (Wildman–Crippen LogP) is 5.57. The highest BCUT2D eigenvalue weighted by molar-refractivity contribution is 6.32. The van der Waals surface area contributed by atoms with E-state index < -0.39 is 23.1 Å². The van der Waals surface area contributed by atoms with Crippen molar-refractivity contribution in [1.29, 1.82) is 0 Å². The van der Waals surface area contributed by atoms with Crippen LogP contribution in [-0.4, -0.2) is 35.3 Å². The van der Waals surface area contributed by atoms with E-state index in [0.29, 0.717) is 13.1 Å². The Kier molecular flexibility index (Phi) is 6.30. The average molecular weight is 484 g/mol. The molecular weight excluding hydrogens is 463 g/mol. The molecule has 33 heavy (non-hydrogen) atoms. The largest absolute Gasteiger partial charge is 0.507 e. The van der Waals surface area contributed by atoms with Crippen molar-refractivity contribution < 1.29 is 32.2 Å². The number of nitrogens with zero attached hydrogens (tertiary/aromatic N) is 1. The van der Waals surface area contributed by atoms with Gasteiger partial charge in [-0.15, -0.1) is 0 Å². The summed E-state index contributed by atoms with van der Waals surface area (Å²) in [5, 5.41) is 10.3. The van der Waals surface area contributed by atoms with Gasteiger partial charge in [0.1, 0.15) is 17.1 Å². The van der Waals surface area contributed by atoms with Gasteiger partial charge in [0.25, 0.3) is 5.76 Å². The van der Waals surface area contributed by atoms with Crippen LogP contribution < -0.4 is 10.2 Å². The molecule has 2 heterocycles. The zero-order valence-electron chi connectivity index (χ0n) is 17.8. The van der Waals surface area contributed by atoms with Crippen LogP contribution in [0.1, 0.15) is 25.2 Å². The number of para-hydroxylation sites is 1. The van der Waals surface area contributed by atoms with Crippen LogP contribution in [0.4, 0.5) is 13.2 Å². The molecule has 0 bridgehead atoms. The minimum Gasteiger partial charge on any atom is -0.507 e. The highest BCUT2D eigenvalue weighted by Crippen LogP contribution is 2.41. The summed E-state index contributed by atoms with van der Waals surface area (Å²) in [4.78, 5) is 15.1. The fraction of sp³-hybridized carbons (Fsp3) is 0.348. The Morgan fingerprint density at radius 2 is 1.82 bits per heavy atom. The number of alkyl halides is 3. The van der Waals surface area contributed by atoms with E-state index in [2.05, 4.69) is 0 Å². The molecule has 2 atom stereocenters. The molecule has 10 heteroatoms. The number of halogens is 4. The maximum absolute atomic E-state index is 13.9. The molecule has 0 radical (unpaired) electrons. The van der Waals surface area contributed by atoms with Crippen LogP contribution in [0.3, 0.4) is 0 Å². The molecule has 176 valence electrons. The van der Waals surface area contributed by atoms with Crippen molar-refractivity contribution in [3.8, 4) is 17.2 Å². The van der Waals surface area contributed by atoms with Gasteiger partial charge in [0.2, 0.25) is 11.2 Å². The number of fused-ring (bicyclic) bond motifs is 1. The average Bonchev–Trinajstić information content (AvgIpc) is 2.72. The zero-order valence-corrected chi connectivity index (χ0v) is 18.5. The van der Waals surface area contributed by atoms with Crippen molar-refractivity contribution in [1.82, 2.24) is 4.90 Å².